The van der Waals surface area contributed by atoms with Gasteiger partial charge in [-0.1, -0.05) is 37.3 Å². The fourth-order valence-corrected chi connectivity index (χ4v) is 2.87. The SMILES string of the molecule is CCC(Cc1ccccc1)N1CCCC1C(=O)O. The molecular weight excluding hydrogens is 226 g/mol. The van der Waals surface area contributed by atoms with E-state index in [2.05, 4.69) is 24.0 Å². The molecule has 3 heteroatoms. The first-order valence-electron chi connectivity index (χ1n) is 6.75. The van der Waals surface area contributed by atoms with Gasteiger partial charge in [0.1, 0.15) is 6.04 Å². The molecule has 2 rings (SSSR count). The Bertz CT molecular complexity index is 391. The van der Waals surface area contributed by atoms with E-state index in [0.717, 1.165) is 32.2 Å². The zero-order chi connectivity index (χ0) is 13.0. The molecule has 98 valence electrons. The summed E-state index contributed by atoms with van der Waals surface area (Å²) in [6.45, 7) is 3.06. The van der Waals surface area contributed by atoms with Gasteiger partial charge in [0.15, 0.2) is 0 Å². The van der Waals surface area contributed by atoms with Crippen LogP contribution >= 0.6 is 0 Å². The predicted molar refractivity (Wildman–Crippen MR) is 71.6 cm³/mol. The third-order valence-electron chi connectivity index (χ3n) is 3.83. The molecule has 2 atom stereocenters. The van der Waals surface area contributed by atoms with Crippen LogP contribution in [0.15, 0.2) is 30.3 Å². The molecule has 0 amide bonds. The van der Waals surface area contributed by atoms with Crippen LogP contribution in [0.2, 0.25) is 0 Å². The molecule has 1 aromatic rings. The van der Waals surface area contributed by atoms with Crippen LogP contribution in [-0.4, -0.2) is 34.6 Å². The van der Waals surface area contributed by atoms with Crippen molar-refractivity contribution in [2.45, 2.75) is 44.7 Å². The topological polar surface area (TPSA) is 40.5 Å². The quantitative estimate of drug-likeness (QED) is 0.869. The maximum atomic E-state index is 11.2. The van der Waals surface area contributed by atoms with Crippen LogP contribution in [0.1, 0.15) is 31.7 Å². The second kappa shape index (κ2) is 6.01. The van der Waals surface area contributed by atoms with Gasteiger partial charge < -0.3 is 5.11 Å². The zero-order valence-corrected chi connectivity index (χ0v) is 10.9. The van der Waals surface area contributed by atoms with Crippen LogP contribution in [0.3, 0.4) is 0 Å². The molecule has 18 heavy (non-hydrogen) atoms. The number of hydrogen-bond acceptors (Lipinski definition) is 2. The van der Waals surface area contributed by atoms with Crippen LogP contribution in [0.5, 0.6) is 0 Å². The monoisotopic (exact) mass is 247 g/mol. The number of benzene rings is 1. The standard InChI is InChI=1S/C15H21NO2/c1-2-13(11-12-7-4-3-5-8-12)16-10-6-9-14(16)15(17)18/h3-5,7-8,13-14H,2,6,9-11H2,1H3,(H,17,18). The Morgan fingerprint density at radius 2 is 2.17 bits per heavy atom. The predicted octanol–water partition coefficient (Wildman–Crippen LogP) is 2.56. The molecule has 0 radical (unpaired) electrons. The van der Waals surface area contributed by atoms with Gasteiger partial charge in [0.05, 0.1) is 0 Å². The van der Waals surface area contributed by atoms with E-state index in [1.807, 2.05) is 18.2 Å². The maximum absolute atomic E-state index is 11.2. The van der Waals surface area contributed by atoms with E-state index in [0.29, 0.717) is 6.04 Å². The Hall–Kier alpha value is -1.35. The van der Waals surface area contributed by atoms with E-state index in [-0.39, 0.29) is 6.04 Å². The number of carbonyl (C=O) groups is 1. The summed E-state index contributed by atoms with van der Waals surface area (Å²) in [5, 5.41) is 9.25. The highest BCUT2D eigenvalue weighted by Crippen LogP contribution is 2.24. The summed E-state index contributed by atoms with van der Waals surface area (Å²) in [5.74, 6) is -0.668. The minimum Gasteiger partial charge on any atom is -0.480 e. The first-order valence-corrected chi connectivity index (χ1v) is 6.75. The fraction of sp³-hybridized carbons (Fsp3) is 0.533. The summed E-state index contributed by atoms with van der Waals surface area (Å²) in [6.07, 6.45) is 3.74. The van der Waals surface area contributed by atoms with Crippen molar-refractivity contribution in [3.8, 4) is 0 Å². The lowest BCUT2D eigenvalue weighted by Gasteiger charge is -2.30. The molecule has 1 heterocycles. The number of hydrogen-bond donors (Lipinski definition) is 1. The van der Waals surface area contributed by atoms with Crippen molar-refractivity contribution in [1.82, 2.24) is 4.90 Å². The molecule has 0 bridgehead atoms. The van der Waals surface area contributed by atoms with Crippen LogP contribution in [0.4, 0.5) is 0 Å². The van der Waals surface area contributed by atoms with Crippen molar-refractivity contribution in [3.63, 3.8) is 0 Å². The third kappa shape index (κ3) is 2.91. The molecule has 1 N–H and O–H groups in total. The fourth-order valence-electron chi connectivity index (χ4n) is 2.87. The molecule has 0 saturated carbocycles. The molecule has 0 aromatic heterocycles. The second-order valence-corrected chi connectivity index (χ2v) is 4.99. The van der Waals surface area contributed by atoms with Gasteiger partial charge >= 0.3 is 5.97 Å². The minimum absolute atomic E-state index is 0.279. The van der Waals surface area contributed by atoms with Gasteiger partial charge in [-0.05, 0) is 37.8 Å². The Morgan fingerprint density at radius 1 is 1.44 bits per heavy atom. The molecule has 1 aromatic carbocycles. The average molecular weight is 247 g/mol. The Labute approximate surface area is 108 Å². The number of carboxylic acid groups (broad SMARTS) is 1. The normalized spacial score (nSPS) is 21.9. The molecular formula is C15H21NO2. The van der Waals surface area contributed by atoms with Gasteiger partial charge in [-0.15, -0.1) is 0 Å². The number of rotatable bonds is 5. The van der Waals surface area contributed by atoms with Crippen LogP contribution in [0, 0.1) is 0 Å². The Morgan fingerprint density at radius 3 is 2.78 bits per heavy atom. The van der Waals surface area contributed by atoms with E-state index in [9.17, 15) is 9.90 Å². The summed E-state index contributed by atoms with van der Waals surface area (Å²) in [5.41, 5.74) is 1.29. The summed E-state index contributed by atoms with van der Waals surface area (Å²) in [7, 11) is 0. The summed E-state index contributed by atoms with van der Waals surface area (Å²) < 4.78 is 0. The summed E-state index contributed by atoms with van der Waals surface area (Å²) in [4.78, 5) is 13.4. The van der Waals surface area contributed by atoms with E-state index in [1.165, 1.54) is 5.56 Å². The first kappa shape index (κ1) is 13.1. The molecule has 1 aliphatic rings. The van der Waals surface area contributed by atoms with E-state index in [4.69, 9.17) is 0 Å². The minimum atomic E-state index is -0.668. The number of aliphatic carboxylic acids is 1. The molecule has 1 fully saturated rings. The van der Waals surface area contributed by atoms with Crippen molar-refractivity contribution in [2.24, 2.45) is 0 Å². The number of nitrogens with zero attached hydrogens (tertiary/aromatic N) is 1. The molecule has 0 aliphatic carbocycles. The van der Waals surface area contributed by atoms with Gasteiger partial charge in [0, 0.05) is 6.04 Å². The lowest BCUT2D eigenvalue weighted by atomic mass is 10.0. The van der Waals surface area contributed by atoms with Crippen LogP contribution in [-0.2, 0) is 11.2 Å². The second-order valence-electron chi connectivity index (χ2n) is 4.99. The zero-order valence-electron chi connectivity index (χ0n) is 10.9. The summed E-state index contributed by atoms with van der Waals surface area (Å²) in [6, 6.07) is 10.4. The Kier molecular flexibility index (Phi) is 4.37. The highest BCUT2D eigenvalue weighted by Gasteiger charge is 2.34. The van der Waals surface area contributed by atoms with Crippen molar-refractivity contribution in [1.29, 1.82) is 0 Å². The highest BCUT2D eigenvalue weighted by molar-refractivity contribution is 5.73. The van der Waals surface area contributed by atoms with Gasteiger partial charge in [0.25, 0.3) is 0 Å². The van der Waals surface area contributed by atoms with Crippen molar-refractivity contribution >= 4 is 5.97 Å². The Balaban J connectivity index is 2.06. The molecule has 3 nitrogen and oxygen atoms in total. The van der Waals surface area contributed by atoms with E-state index < -0.39 is 5.97 Å². The molecule has 1 aliphatic heterocycles. The lowest BCUT2D eigenvalue weighted by Crippen LogP contribution is -2.44. The lowest BCUT2D eigenvalue weighted by molar-refractivity contribution is -0.143. The van der Waals surface area contributed by atoms with Crippen LogP contribution in [0.25, 0.3) is 0 Å². The maximum Gasteiger partial charge on any atom is 0.320 e. The van der Waals surface area contributed by atoms with Crippen molar-refractivity contribution in [3.05, 3.63) is 35.9 Å². The van der Waals surface area contributed by atoms with E-state index in [1.54, 1.807) is 0 Å². The van der Waals surface area contributed by atoms with Crippen LogP contribution < -0.4 is 0 Å². The van der Waals surface area contributed by atoms with Gasteiger partial charge in [-0.25, -0.2) is 0 Å². The molecule has 1 saturated heterocycles. The van der Waals surface area contributed by atoms with Gasteiger partial charge in [-0.2, -0.15) is 0 Å². The smallest absolute Gasteiger partial charge is 0.320 e. The van der Waals surface area contributed by atoms with Crippen molar-refractivity contribution < 1.29 is 9.90 Å². The largest absolute Gasteiger partial charge is 0.480 e. The summed E-state index contributed by atoms with van der Waals surface area (Å²) >= 11 is 0. The highest BCUT2D eigenvalue weighted by atomic mass is 16.4. The van der Waals surface area contributed by atoms with Gasteiger partial charge in [-0.3, -0.25) is 9.69 Å². The molecule has 0 spiro atoms. The third-order valence-corrected chi connectivity index (χ3v) is 3.83. The van der Waals surface area contributed by atoms with Crippen molar-refractivity contribution in [2.75, 3.05) is 6.54 Å². The van der Waals surface area contributed by atoms with Gasteiger partial charge in [0.2, 0.25) is 0 Å². The first-order chi connectivity index (χ1) is 8.72. The molecule has 2 unspecified atom stereocenters. The number of likely N-dealkylation sites (tertiary alicyclic amines) is 1. The average Bonchev–Trinajstić information content (AvgIpc) is 2.86. The number of carboxylic acids is 1. The van der Waals surface area contributed by atoms with E-state index >= 15 is 0 Å².